The van der Waals surface area contributed by atoms with E-state index >= 15 is 0 Å². The molecule has 1 amide bonds. The van der Waals surface area contributed by atoms with Gasteiger partial charge in [-0.3, -0.25) is 13.8 Å². The molecule has 1 saturated carbocycles. The zero-order valence-corrected chi connectivity index (χ0v) is 11.8. The largest absolute Gasteiger partial charge is 0.469 e. The van der Waals surface area contributed by atoms with Gasteiger partial charge < -0.3 is 10.1 Å². The molecule has 1 aliphatic rings. The van der Waals surface area contributed by atoms with Crippen molar-refractivity contribution in [3.63, 3.8) is 0 Å². The molecule has 0 radical (unpaired) electrons. The van der Waals surface area contributed by atoms with E-state index < -0.39 is 10.8 Å². The summed E-state index contributed by atoms with van der Waals surface area (Å²) in [4.78, 5) is 22.2. The van der Waals surface area contributed by atoms with Crippen LogP contribution in [0.5, 0.6) is 0 Å². The van der Waals surface area contributed by atoms with Crippen LogP contribution in [0.1, 0.15) is 32.1 Å². The lowest BCUT2D eigenvalue weighted by atomic mass is 10.1. The highest BCUT2D eigenvalue weighted by Crippen LogP contribution is 2.49. The van der Waals surface area contributed by atoms with Crippen LogP contribution in [0.4, 0.5) is 0 Å². The molecule has 1 rings (SSSR count). The van der Waals surface area contributed by atoms with Gasteiger partial charge in [0, 0.05) is 35.8 Å². The quantitative estimate of drug-likeness (QED) is 0.659. The molecule has 0 bridgehead atoms. The topological polar surface area (TPSA) is 72.5 Å². The predicted molar refractivity (Wildman–Crippen MR) is 69.5 cm³/mol. The summed E-state index contributed by atoms with van der Waals surface area (Å²) in [6, 6.07) is 0. The van der Waals surface area contributed by atoms with E-state index in [-0.39, 0.29) is 17.3 Å². The molecule has 104 valence electrons. The minimum Gasteiger partial charge on any atom is -0.469 e. The number of nitrogens with one attached hydrogen (secondary N) is 1. The molecule has 1 atom stereocenters. The van der Waals surface area contributed by atoms with E-state index in [1.165, 1.54) is 7.11 Å². The van der Waals surface area contributed by atoms with E-state index in [1.54, 1.807) is 7.05 Å². The molecule has 0 spiro atoms. The SMILES string of the molecule is CNC(=O)CCCS(=O)CC1(CC(=O)OC)CC1. The van der Waals surface area contributed by atoms with Crippen molar-refractivity contribution in [1.82, 2.24) is 5.32 Å². The van der Waals surface area contributed by atoms with E-state index in [2.05, 4.69) is 10.1 Å². The molecule has 0 aromatic rings. The van der Waals surface area contributed by atoms with E-state index in [4.69, 9.17) is 0 Å². The molecule has 0 heterocycles. The van der Waals surface area contributed by atoms with Crippen LogP contribution in [0.2, 0.25) is 0 Å². The van der Waals surface area contributed by atoms with Gasteiger partial charge in [0.15, 0.2) is 0 Å². The number of carbonyl (C=O) groups is 2. The fraction of sp³-hybridized carbons (Fsp3) is 0.833. The second-order valence-electron chi connectivity index (χ2n) is 4.82. The maximum absolute atomic E-state index is 11.9. The number of hydrogen-bond acceptors (Lipinski definition) is 4. The van der Waals surface area contributed by atoms with Crippen molar-refractivity contribution < 1.29 is 18.5 Å². The smallest absolute Gasteiger partial charge is 0.306 e. The summed E-state index contributed by atoms with van der Waals surface area (Å²) in [6.45, 7) is 0. The number of ether oxygens (including phenoxy) is 1. The Labute approximate surface area is 110 Å². The lowest BCUT2D eigenvalue weighted by Gasteiger charge is -2.12. The molecular weight excluding hydrogens is 254 g/mol. The van der Waals surface area contributed by atoms with E-state index in [9.17, 15) is 13.8 Å². The van der Waals surface area contributed by atoms with Gasteiger partial charge in [0.1, 0.15) is 0 Å². The molecule has 5 nitrogen and oxygen atoms in total. The van der Waals surface area contributed by atoms with Gasteiger partial charge in [-0.2, -0.15) is 0 Å². The highest BCUT2D eigenvalue weighted by molar-refractivity contribution is 7.85. The molecule has 1 N–H and O–H groups in total. The summed E-state index contributed by atoms with van der Waals surface area (Å²) in [6.07, 6.45) is 3.30. The monoisotopic (exact) mass is 275 g/mol. The molecule has 0 saturated heterocycles. The second-order valence-corrected chi connectivity index (χ2v) is 6.39. The molecular formula is C12H21NO4S. The average molecular weight is 275 g/mol. The van der Waals surface area contributed by atoms with Crippen molar-refractivity contribution in [2.24, 2.45) is 5.41 Å². The zero-order valence-electron chi connectivity index (χ0n) is 11.0. The first-order chi connectivity index (χ1) is 8.51. The van der Waals surface area contributed by atoms with E-state index in [0.29, 0.717) is 30.8 Å². The third-order valence-corrected chi connectivity index (χ3v) is 4.90. The summed E-state index contributed by atoms with van der Waals surface area (Å²) in [5.74, 6) is 0.823. The first kappa shape index (κ1) is 15.1. The summed E-state index contributed by atoms with van der Waals surface area (Å²) in [5, 5.41) is 2.53. The second kappa shape index (κ2) is 6.87. The van der Waals surface area contributed by atoms with Gasteiger partial charge in [0.05, 0.1) is 13.5 Å². The molecule has 6 heteroatoms. The average Bonchev–Trinajstić information content (AvgIpc) is 3.07. The summed E-state index contributed by atoms with van der Waals surface area (Å²) in [7, 11) is 2.01. The molecule has 1 aliphatic carbocycles. The van der Waals surface area contributed by atoms with Crippen molar-refractivity contribution in [2.75, 3.05) is 25.7 Å². The van der Waals surface area contributed by atoms with Crippen molar-refractivity contribution >= 4 is 22.7 Å². The van der Waals surface area contributed by atoms with Crippen LogP contribution >= 0.6 is 0 Å². The van der Waals surface area contributed by atoms with Crippen molar-refractivity contribution in [1.29, 1.82) is 0 Å². The normalized spacial score (nSPS) is 17.9. The first-order valence-corrected chi connectivity index (χ1v) is 7.62. The Kier molecular flexibility index (Phi) is 5.78. The van der Waals surface area contributed by atoms with Gasteiger partial charge in [0.25, 0.3) is 0 Å². The number of carbonyl (C=O) groups excluding carboxylic acids is 2. The Balaban J connectivity index is 2.23. The van der Waals surface area contributed by atoms with Crippen LogP contribution in [0, 0.1) is 5.41 Å². The minimum atomic E-state index is -0.952. The number of methoxy groups -OCH3 is 1. The number of esters is 1. The fourth-order valence-electron chi connectivity index (χ4n) is 1.86. The van der Waals surface area contributed by atoms with Crippen molar-refractivity contribution in [3.8, 4) is 0 Å². The maximum atomic E-state index is 11.9. The Hall–Kier alpha value is -0.910. The van der Waals surface area contributed by atoms with Crippen LogP contribution < -0.4 is 5.32 Å². The minimum absolute atomic E-state index is 0.0253. The van der Waals surface area contributed by atoms with Crippen LogP contribution in [0.3, 0.4) is 0 Å². The predicted octanol–water partition coefficient (Wildman–Crippen LogP) is 0.605. The van der Waals surface area contributed by atoms with E-state index in [1.807, 2.05) is 0 Å². The van der Waals surface area contributed by atoms with Crippen molar-refractivity contribution in [2.45, 2.75) is 32.1 Å². The third kappa shape index (κ3) is 5.16. The Morgan fingerprint density at radius 2 is 2.06 bits per heavy atom. The summed E-state index contributed by atoms with van der Waals surface area (Å²) in [5.41, 5.74) is -0.0923. The molecule has 0 aromatic carbocycles. The molecule has 0 aliphatic heterocycles. The Morgan fingerprint density at radius 3 is 2.56 bits per heavy atom. The fourth-order valence-corrected chi connectivity index (χ4v) is 3.54. The van der Waals surface area contributed by atoms with Gasteiger partial charge in [-0.15, -0.1) is 0 Å². The van der Waals surface area contributed by atoms with Gasteiger partial charge in [-0.1, -0.05) is 0 Å². The van der Waals surface area contributed by atoms with Gasteiger partial charge in [0.2, 0.25) is 5.91 Å². The molecule has 0 aromatic heterocycles. The Bertz CT molecular complexity index is 339. The standard InChI is InChI=1S/C12H21NO4S/c1-13-10(14)4-3-7-18(16)9-12(5-6-12)8-11(15)17-2/h3-9H2,1-2H3,(H,13,14). The lowest BCUT2D eigenvalue weighted by molar-refractivity contribution is -0.141. The number of rotatable bonds is 8. The first-order valence-electron chi connectivity index (χ1n) is 6.14. The highest BCUT2D eigenvalue weighted by atomic mass is 32.2. The van der Waals surface area contributed by atoms with Crippen LogP contribution in [-0.2, 0) is 25.1 Å². The molecule has 1 fully saturated rings. The van der Waals surface area contributed by atoms with Crippen molar-refractivity contribution in [3.05, 3.63) is 0 Å². The van der Waals surface area contributed by atoms with Gasteiger partial charge >= 0.3 is 5.97 Å². The maximum Gasteiger partial charge on any atom is 0.306 e. The van der Waals surface area contributed by atoms with Gasteiger partial charge in [-0.25, -0.2) is 0 Å². The zero-order chi connectivity index (χ0) is 13.6. The third-order valence-electron chi connectivity index (χ3n) is 3.23. The summed E-state index contributed by atoms with van der Waals surface area (Å²) >= 11 is 0. The molecule has 18 heavy (non-hydrogen) atoms. The van der Waals surface area contributed by atoms with E-state index in [0.717, 1.165) is 12.8 Å². The van der Waals surface area contributed by atoms with Gasteiger partial charge in [-0.05, 0) is 24.7 Å². The van der Waals surface area contributed by atoms with Crippen LogP contribution in [0.15, 0.2) is 0 Å². The number of hydrogen-bond donors (Lipinski definition) is 1. The lowest BCUT2D eigenvalue weighted by Crippen LogP contribution is -2.21. The number of amides is 1. The molecule has 1 unspecified atom stereocenters. The Morgan fingerprint density at radius 1 is 1.39 bits per heavy atom. The highest BCUT2D eigenvalue weighted by Gasteiger charge is 2.45. The summed E-state index contributed by atoms with van der Waals surface area (Å²) < 4.78 is 16.5. The van der Waals surface area contributed by atoms with Crippen LogP contribution in [-0.4, -0.2) is 41.7 Å². The van der Waals surface area contributed by atoms with Crippen LogP contribution in [0.25, 0.3) is 0 Å².